The number of benzene rings is 1. The first-order chi connectivity index (χ1) is 6.70. The third-order valence-corrected chi connectivity index (χ3v) is 2.80. The van der Waals surface area contributed by atoms with Crippen molar-refractivity contribution in [3.63, 3.8) is 0 Å². The largest absolute Gasteiger partial charge is 0.236 e. The predicted molar refractivity (Wildman–Crippen MR) is 61.3 cm³/mol. The van der Waals surface area contributed by atoms with E-state index in [1.54, 1.807) is 6.07 Å². The fourth-order valence-electron chi connectivity index (χ4n) is 1.26. The van der Waals surface area contributed by atoms with E-state index in [9.17, 15) is 0 Å². The number of hydrogen-bond acceptors (Lipinski definition) is 1. The molecule has 0 unspecified atom stereocenters. The molecule has 0 atom stereocenters. The number of fused-ring (bicyclic) bond motifs is 1. The van der Waals surface area contributed by atoms with Crippen LogP contribution in [0.3, 0.4) is 0 Å². The van der Waals surface area contributed by atoms with Crippen molar-refractivity contribution in [1.82, 2.24) is 4.98 Å². The third-order valence-electron chi connectivity index (χ3n) is 1.95. The van der Waals surface area contributed by atoms with Gasteiger partial charge in [-0.15, -0.1) is 11.6 Å². The van der Waals surface area contributed by atoms with E-state index in [0.29, 0.717) is 16.1 Å². The maximum Gasteiger partial charge on any atom is 0.134 e. The standard InChI is InChI=1S/C10H6Cl3N/c11-5-7-3-6-4-8(12)1-2-9(6)14-10(7)13/h1-4H,5H2. The van der Waals surface area contributed by atoms with E-state index in [0.717, 1.165) is 16.5 Å². The summed E-state index contributed by atoms with van der Waals surface area (Å²) in [4.78, 5) is 4.21. The Kier molecular flexibility index (Phi) is 2.82. The second-order valence-electron chi connectivity index (χ2n) is 2.91. The molecule has 72 valence electrons. The summed E-state index contributed by atoms with van der Waals surface area (Å²) in [5, 5.41) is 2.09. The molecule has 0 saturated heterocycles. The maximum atomic E-state index is 5.91. The zero-order valence-corrected chi connectivity index (χ0v) is 9.37. The van der Waals surface area contributed by atoms with Crippen LogP contribution in [0.2, 0.25) is 10.2 Å². The van der Waals surface area contributed by atoms with Gasteiger partial charge < -0.3 is 0 Å². The summed E-state index contributed by atoms with van der Waals surface area (Å²) in [7, 11) is 0. The van der Waals surface area contributed by atoms with E-state index in [1.807, 2.05) is 18.2 Å². The molecule has 0 amide bonds. The fraction of sp³-hybridized carbons (Fsp3) is 0.100. The Bertz CT molecular complexity index is 482. The molecular formula is C10H6Cl3N. The van der Waals surface area contributed by atoms with E-state index >= 15 is 0 Å². The molecule has 2 aromatic rings. The molecule has 14 heavy (non-hydrogen) atoms. The number of nitrogens with zero attached hydrogens (tertiary/aromatic N) is 1. The summed E-state index contributed by atoms with van der Waals surface area (Å²) >= 11 is 17.5. The van der Waals surface area contributed by atoms with Gasteiger partial charge >= 0.3 is 0 Å². The van der Waals surface area contributed by atoms with Gasteiger partial charge in [0.25, 0.3) is 0 Å². The second kappa shape index (κ2) is 3.93. The minimum Gasteiger partial charge on any atom is -0.236 e. The first-order valence-electron chi connectivity index (χ1n) is 4.01. The van der Waals surface area contributed by atoms with E-state index in [4.69, 9.17) is 34.8 Å². The summed E-state index contributed by atoms with van der Waals surface area (Å²) in [5.74, 6) is 0.355. The van der Waals surface area contributed by atoms with Crippen LogP contribution in [0.5, 0.6) is 0 Å². The number of aromatic nitrogens is 1. The van der Waals surface area contributed by atoms with E-state index in [-0.39, 0.29) is 0 Å². The van der Waals surface area contributed by atoms with Crippen LogP contribution in [-0.4, -0.2) is 4.98 Å². The summed E-state index contributed by atoms with van der Waals surface area (Å²) in [5.41, 5.74) is 1.65. The van der Waals surface area contributed by atoms with Gasteiger partial charge in [-0.1, -0.05) is 23.2 Å². The third kappa shape index (κ3) is 1.81. The van der Waals surface area contributed by atoms with Crippen LogP contribution >= 0.6 is 34.8 Å². The number of halogens is 3. The van der Waals surface area contributed by atoms with Gasteiger partial charge in [0, 0.05) is 16.0 Å². The zero-order valence-electron chi connectivity index (χ0n) is 7.10. The second-order valence-corrected chi connectivity index (χ2v) is 3.97. The van der Waals surface area contributed by atoms with Gasteiger partial charge in [0.1, 0.15) is 5.15 Å². The van der Waals surface area contributed by atoms with Crippen LogP contribution in [0.4, 0.5) is 0 Å². The highest BCUT2D eigenvalue weighted by molar-refractivity contribution is 6.32. The van der Waals surface area contributed by atoms with Crippen molar-refractivity contribution < 1.29 is 0 Å². The lowest BCUT2D eigenvalue weighted by Crippen LogP contribution is -1.86. The number of rotatable bonds is 1. The molecule has 2 rings (SSSR count). The van der Waals surface area contributed by atoms with E-state index < -0.39 is 0 Å². The molecule has 0 N–H and O–H groups in total. The number of pyridine rings is 1. The minimum absolute atomic E-state index is 0.355. The summed E-state index contributed by atoms with van der Waals surface area (Å²) < 4.78 is 0. The Morgan fingerprint density at radius 3 is 2.64 bits per heavy atom. The smallest absolute Gasteiger partial charge is 0.134 e. The molecule has 0 saturated carbocycles. The highest BCUT2D eigenvalue weighted by Gasteiger charge is 2.03. The molecule has 0 bridgehead atoms. The molecule has 1 aromatic heterocycles. The average Bonchev–Trinajstić information content (AvgIpc) is 2.17. The van der Waals surface area contributed by atoms with Crippen LogP contribution in [-0.2, 0) is 5.88 Å². The van der Waals surface area contributed by atoms with Crippen LogP contribution in [0.1, 0.15) is 5.56 Å². The van der Waals surface area contributed by atoms with Gasteiger partial charge in [0.05, 0.1) is 11.4 Å². The number of alkyl halides is 1. The van der Waals surface area contributed by atoms with Crippen molar-refractivity contribution in [3.8, 4) is 0 Å². The Morgan fingerprint density at radius 2 is 1.93 bits per heavy atom. The summed E-state index contributed by atoms with van der Waals surface area (Å²) in [6.45, 7) is 0. The first kappa shape index (κ1) is 10.0. The molecule has 0 spiro atoms. The van der Waals surface area contributed by atoms with Gasteiger partial charge in [0.15, 0.2) is 0 Å². The average molecular weight is 247 g/mol. The highest BCUT2D eigenvalue weighted by Crippen LogP contribution is 2.24. The van der Waals surface area contributed by atoms with E-state index in [1.165, 1.54) is 0 Å². The fourth-order valence-corrected chi connectivity index (χ4v) is 1.93. The molecule has 1 heterocycles. The lowest BCUT2D eigenvalue weighted by Gasteiger charge is -2.02. The first-order valence-corrected chi connectivity index (χ1v) is 5.30. The summed E-state index contributed by atoms with van der Waals surface area (Å²) in [6, 6.07) is 7.37. The molecular weight excluding hydrogens is 240 g/mol. The molecule has 0 radical (unpaired) electrons. The highest BCUT2D eigenvalue weighted by atomic mass is 35.5. The van der Waals surface area contributed by atoms with Crippen LogP contribution < -0.4 is 0 Å². The molecule has 1 aromatic carbocycles. The summed E-state index contributed by atoms with van der Waals surface area (Å²) in [6.07, 6.45) is 0. The molecule has 0 fully saturated rings. The van der Waals surface area contributed by atoms with Gasteiger partial charge in [-0.3, -0.25) is 0 Å². The normalized spacial score (nSPS) is 10.8. The van der Waals surface area contributed by atoms with Crippen molar-refractivity contribution in [2.24, 2.45) is 0 Å². The maximum absolute atomic E-state index is 5.91. The molecule has 1 nitrogen and oxygen atoms in total. The van der Waals surface area contributed by atoms with Gasteiger partial charge in [0.2, 0.25) is 0 Å². The lowest BCUT2D eigenvalue weighted by molar-refractivity contribution is 1.30. The Balaban J connectivity index is 2.73. The number of hydrogen-bond donors (Lipinski definition) is 0. The molecule has 4 heteroatoms. The predicted octanol–water partition coefficient (Wildman–Crippen LogP) is 4.28. The molecule has 0 aliphatic carbocycles. The van der Waals surface area contributed by atoms with Crippen LogP contribution in [0.15, 0.2) is 24.3 Å². The van der Waals surface area contributed by atoms with E-state index in [2.05, 4.69) is 4.98 Å². The van der Waals surface area contributed by atoms with Crippen molar-refractivity contribution in [1.29, 1.82) is 0 Å². The lowest BCUT2D eigenvalue weighted by atomic mass is 10.2. The van der Waals surface area contributed by atoms with Crippen molar-refractivity contribution in [2.75, 3.05) is 0 Å². The zero-order chi connectivity index (χ0) is 10.1. The van der Waals surface area contributed by atoms with Gasteiger partial charge in [-0.05, 0) is 24.3 Å². The minimum atomic E-state index is 0.355. The molecule has 0 aliphatic rings. The van der Waals surface area contributed by atoms with Gasteiger partial charge in [-0.25, -0.2) is 4.98 Å². The molecule has 0 aliphatic heterocycles. The topological polar surface area (TPSA) is 12.9 Å². The van der Waals surface area contributed by atoms with Crippen LogP contribution in [0, 0.1) is 0 Å². The Hall–Kier alpha value is -0.500. The monoisotopic (exact) mass is 245 g/mol. The Labute approximate surface area is 96.6 Å². The van der Waals surface area contributed by atoms with Gasteiger partial charge in [-0.2, -0.15) is 0 Å². The Morgan fingerprint density at radius 1 is 1.14 bits per heavy atom. The van der Waals surface area contributed by atoms with Crippen molar-refractivity contribution >= 4 is 45.7 Å². The van der Waals surface area contributed by atoms with Crippen LogP contribution in [0.25, 0.3) is 10.9 Å². The van der Waals surface area contributed by atoms with Crippen molar-refractivity contribution in [2.45, 2.75) is 5.88 Å². The van der Waals surface area contributed by atoms with Crippen molar-refractivity contribution in [3.05, 3.63) is 40.0 Å². The quantitative estimate of drug-likeness (QED) is 0.540. The SMILES string of the molecule is ClCc1cc2cc(Cl)ccc2nc1Cl.